The Hall–Kier alpha value is 0.670. The van der Waals surface area contributed by atoms with E-state index in [-0.39, 0.29) is 6.10 Å². The second-order valence-electron chi connectivity index (χ2n) is 2.99. The fourth-order valence-electron chi connectivity index (χ4n) is 1.10. The predicted octanol–water partition coefficient (Wildman–Crippen LogP) is 1.65. The van der Waals surface area contributed by atoms with Crippen molar-refractivity contribution < 1.29 is 35.0 Å². The molecule has 0 aromatic carbocycles. The first-order valence-corrected chi connectivity index (χ1v) is 11.9. The molecule has 0 heterocycles. The van der Waals surface area contributed by atoms with Gasteiger partial charge in [-0.05, 0) is 0 Å². The summed E-state index contributed by atoms with van der Waals surface area (Å²) in [6.45, 7) is 3.93. The Morgan fingerprint density at radius 3 is 1.50 bits per heavy atom. The van der Waals surface area contributed by atoms with E-state index in [1.165, 1.54) is 28.4 Å². The Balaban J connectivity index is 4.84. The van der Waals surface area contributed by atoms with Crippen molar-refractivity contribution in [1.82, 2.24) is 0 Å². The normalized spacial score (nSPS) is 17.4. The summed E-state index contributed by atoms with van der Waals surface area (Å²) in [5.41, 5.74) is 0. The van der Waals surface area contributed by atoms with Gasteiger partial charge in [0.05, 0.1) is 0 Å². The standard InChI is InChI=1S/C4H9O.4CH3O.Hf/c1-3-4(2)5;4*1-2;/h4H,3H2,1-2H3;4*1H3;/q5*-1;+5. The van der Waals surface area contributed by atoms with Crippen LogP contribution in [0.1, 0.15) is 20.3 Å². The fraction of sp³-hybridized carbons (Fsp3) is 1.00. The van der Waals surface area contributed by atoms with Crippen molar-refractivity contribution in [3.8, 4) is 0 Å². The van der Waals surface area contributed by atoms with E-state index in [1.54, 1.807) is 0 Å². The van der Waals surface area contributed by atoms with Crippen LogP contribution in [0.4, 0.5) is 0 Å². The first-order chi connectivity index (χ1) is 6.51. The minimum absolute atomic E-state index is 0.0230. The maximum atomic E-state index is 5.70. The van der Waals surface area contributed by atoms with Crippen molar-refractivity contribution in [2.45, 2.75) is 26.4 Å². The zero-order valence-electron chi connectivity index (χ0n) is 9.83. The molecule has 0 rings (SSSR count). The van der Waals surface area contributed by atoms with E-state index in [0.717, 1.165) is 6.42 Å². The van der Waals surface area contributed by atoms with Crippen LogP contribution in [-0.2, 0) is 35.0 Å². The van der Waals surface area contributed by atoms with Crippen molar-refractivity contribution in [2.75, 3.05) is 28.4 Å². The Kier molecular flexibility index (Phi) is 5.94. The van der Waals surface area contributed by atoms with Crippen LogP contribution in [0.25, 0.3) is 0 Å². The number of hydrogen-bond acceptors (Lipinski definition) is 5. The zero-order chi connectivity index (χ0) is 11.3. The summed E-state index contributed by atoms with van der Waals surface area (Å²) in [6, 6.07) is 0. The van der Waals surface area contributed by atoms with Gasteiger partial charge in [-0.25, -0.2) is 0 Å². The fourth-order valence-corrected chi connectivity index (χ4v) is 9.04. The Morgan fingerprint density at radius 2 is 1.29 bits per heavy atom. The molecule has 0 aromatic heterocycles. The van der Waals surface area contributed by atoms with Gasteiger partial charge in [-0.3, -0.25) is 0 Å². The molecule has 6 heteroatoms. The van der Waals surface area contributed by atoms with Gasteiger partial charge in [0.1, 0.15) is 0 Å². The second-order valence-corrected chi connectivity index (χ2v) is 15.7. The van der Waals surface area contributed by atoms with Gasteiger partial charge in [0.25, 0.3) is 0 Å². The third-order valence-electron chi connectivity index (χ3n) is 2.30. The third kappa shape index (κ3) is 2.84. The van der Waals surface area contributed by atoms with Crippen LogP contribution in [0.3, 0.4) is 0 Å². The molecule has 0 N–H and O–H groups in total. The molecular weight excluding hydrogens is 355 g/mol. The number of hydrogen-bond donors (Lipinski definition) is 0. The second kappa shape index (κ2) is 5.67. The van der Waals surface area contributed by atoms with Crippen LogP contribution in [0.15, 0.2) is 0 Å². The monoisotopic (exact) mass is 377 g/mol. The van der Waals surface area contributed by atoms with Crippen LogP contribution >= 0.6 is 0 Å². The molecule has 0 aromatic rings. The molecule has 0 spiro atoms. The van der Waals surface area contributed by atoms with Gasteiger partial charge in [-0.1, -0.05) is 0 Å². The SMILES string of the molecule is CCC(C)[O][Hf]([O]C)([O]C)([O]C)[O]C. The molecule has 0 fully saturated rings. The first-order valence-electron chi connectivity index (χ1n) is 4.58. The molecule has 0 saturated carbocycles. The quantitative estimate of drug-likeness (QED) is 0.633. The Morgan fingerprint density at radius 1 is 0.929 bits per heavy atom. The average Bonchev–Trinajstić information content (AvgIpc) is 2.27. The van der Waals surface area contributed by atoms with Crippen molar-refractivity contribution in [1.29, 1.82) is 0 Å². The third-order valence-corrected chi connectivity index (χ3v) is 14.7. The van der Waals surface area contributed by atoms with E-state index in [4.69, 9.17) is 14.3 Å². The van der Waals surface area contributed by atoms with Gasteiger partial charge in [-0.2, -0.15) is 0 Å². The molecule has 87 valence electrons. The van der Waals surface area contributed by atoms with E-state index in [9.17, 15) is 0 Å². The first kappa shape index (κ1) is 14.7. The van der Waals surface area contributed by atoms with E-state index < -0.39 is 20.7 Å². The molecule has 1 unspecified atom stereocenters. The summed E-state index contributed by atoms with van der Waals surface area (Å²) in [5, 5.41) is 0. The maximum absolute atomic E-state index is 5.70. The molecule has 0 radical (unpaired) electrons. The molecule has 1 atom stereocenters. The summed E-state index contributed by atoms with van der Waals surface area (Å²) < 4.78 is 26.8. The van der Waals surface area contributed by atoms with Crippen LogP contribution in [0.2, 0.25) is 0 Å². The Bertz CT molecular complexity index is 148. The van der Waals surface area contributed by atoms with Crippen molar-refractivity contribution >= 4 is 0 Å². The van der Waals surface area contributed by atoms with Crippen LogP contribution in [0, 0.1) is 0 Å². The van der Waals surface area contributed by atoms with E-state index in [2.05, 4.69) is 0 Å². The van der Waals surface area contributed by atoms with Crippen molar-refractivity contribution in [3.05, 3.63) is 0 Å². The van der Waals surface area contributed by atoms with E-state index in [1.807, 2.05) is 13.8 Å². The zero-order valence-corrected chi connectivity index (χ0v) is 13.4. The van der Waals surface area contributed by atoms with Crippen LogP contribution in [-0.4, -0.2) is 34.5 Å². The van der Waals surface area contributed by atoms with E-state index >= 15 is 0 Å². The van der Waals surface area contributed by atoms with Gasteiger partial charge in [0.15, 0.2) is 0 Å². The van der Waals surface area contributed by atoms with E-state index in [0.29, 0.717) is 0 Å². The van der Waals surface area contributed by atoms with Gasteiger partial charge in [0.2, 0.25) is 0 Å². The number of rotatable bonds is 7. The Labute approximate surface area is 89.8 Å². The molecule has 0 aliphatic carbocycles. The minimum atomic E-state index is -4.85. The molecule has 0 amide bonds. The molecule has 14 heavy (non-hydrogen) atoms. The predicted molar refractivity (Wildman–Crippen MR) is 48.9 cm³/mol. The van der Waals surface area contributed by atoms with Gasteiger partial charge in [0, 0.05) is 0 Å². The molecule has 0 saturated heterocycles. The topological polar surface area (TPSA) is 46.2 Å². The van der Waals surface area contributed by atoms with Crippen molar-refractivity contribution in [3.63, 3.8) is 0 Å². The summed E-state index contributed by atoms with van der Waals surface area (Å²) in [7, 11) is 5.92. The van der Waals surface area contributed by atoms with Crippen molar-refractivity contribution in [2.24, 2.45) is 0 Å². The molecule has 0 aliphatic rings. The van der Waals surface area contributed by atoms with Crippen LogP contribution in [0.5, 0.6) is 0 Å². The van der Waals surface area contributed by atoms with Gasteiger partial charge in [-0.15, -0.1) is 0 Å². The average molecular weight is 376 g/mol. The molecule has 0 bridgehead atoms. The summed E-state index contributed by atoms with van der Waals surface area (Å²) in [5.74, 6) is 0. The molecule has 0 aliphatic heterocycles. The van der Waals surface area contributed by atoms with Crippen LogP contribution < -0.4 is 0 Å². The summed E-state index contributed by atoms with van der Waals surface area (Å²) >= 11 is -4.85. The summed E-state index contributed by atoms with van der Waals surface area (Å²) in [6.07, 6.45) is 0.816. The van der Waals surface area contributed by atoms with Gasteiger partial charge < -0.3 is 0 Å². The molecular formula is C8H21HfO5. The summed E-state index contributed by atoms with van der Waals surface area (Å²) in [4.78, 5) is 0. The molecule has 5 nitrogen and oxygen atoms in total. The van der Waals surface area contributed by atoms with Gasteiger partial charge >= 0.3 is 89.8 Å².